The van der Waals surface area contributed by atoms with Gasteiger partial charge in [0.1, 0.15) is 5.82 Å². The molecule has 4 rings (SSSR count). The summed E-state index contributed by atoms with van der Waals surface area (Å²) in [6.07, 6.45) is 5.85. The van der Waals surface area contributed by atoms with Crippen LogP contribution in [0.5, 0.6) is 0 Å². The van der Waals surface area contributed by atoms with Crippen molar-refractivity contribution < 1.29 is 0 Å². The van der Waals surface area contributed by atoms with Crippen molar-refractivity contribution in [2.24, 2.45) is 11.8 Å². The Balaban J connectivity index is 1.42. The van der Waals surface area contributed by atoms with Crippen LogP contribution in [0.3, 0.4) is 0 Å². The van der Waals surface area contributed by atoms with Crippen LogP contribution >= 0.6 is 34.1 Å². The van der Waals surface area contributed by atoms with Crippen molar-refractivity contribution in [1.29, 1.82) is 0 Å². The molecule has 0 unspecified atom stereocenters. The SMILES string of the molecule is ICCN(CCN1C[C@@H]2CCCC[C@H]2C1)c1nsc2ccccc12. The van der Waals surface area contributed by atoms with Gasteiger partial charge in [-0.1, -0.05) is 47.6 Å². The monoisotopic (exact) mass is 455 g/mol. The lowest BCUT2D eigenvalue weighted by molar-refractivity contribution is 0.299. The van der Waals surface area contributed by atoms with Gasteiger partial charge in [0.05, 0.1) is 4.70 Å². The molecule has 5 heteroatoms. The van der Waals surface area contributed by atoms with Gasteiger partial charge in [-0.05, 0) is 48.3 Å². The molecule has 0 bridgehead atoms. The van der Waals surface area contributed by atoms with Gasteiger partial charge >= 0.3 is 0 Å². The van der Waals surface area contributed by atoms with Gasteiger partial charge in [-0.15, -0.1) is 0 Å². The van der Waals surface area contributed by atoms with Gasteiger partial charge in [-0.2, -0.15) is 4.37 Å². The molecule has 2 aromatic rings. The van der Waals surface area contributed by atoms with Crippen LogP contribution in [0.2, 0.25) is 0 Å². The lowest BCUT2D eigenvalue weighted by Gasteiger charge is -2.25. The Bertz CT molecular complexity index is 659. The molecule has 1 aromatic heterocycles. The Hall–Kier alpha value is -0.400. The average Bonchev–Trinajstić information content (AvgIpc) is 3.22. The maximum absolute atomic E-state index is 4.78. The van der Waals surface area contributed by atoms with Gasteiger partial charge in [0, 0.05) is 42.5 Å². The molecule has 0 radical (unpaired) electrons. The zero-order valence-corrected chi connectivity index (χ0v) is 17.1. The smallest absolute Gasteiger partial charge is 0.150 e. The molecule has 24 heavy (non-hydrogen) atoms. The first-order valence-corrected chi connectivity index (χ1v) is 11.5. The van der Waals surface area contributed by atoms with E-state index in [4.69, 9.17) is 4.37 Å². The largest absolute Gasteiger partial charge is 0.353 e. The summed E-state index contributed by atoms with van der Waals surface area (Å²) in [5.74, 6) is 3.16. The van der Waals surface area contributed by atoms with E-state index in [1.807, 2.05) is 0 Å². The summed E-state index contributed by atoms with van der Waals surface area (Å²) in [5.41, 5.74) is 0. The Morgan fingerprint density at radius 2 is 1.88 bits per heavy atom. The van der Waals surface area contributed by atoms with Gasteiger partial charge < -0.3 is 9.80 Å². The van der Waals surface area contributed by atoms with Crippen molar-refractivity contribution >= 4 is 50.0 Å². The zero-order chi connectivity index (χ0) is 16.4. The van der Waals surface area contributed by atoms with Crippen molar-refractivity contribution in [3.63, 3.8) is 0 Å². The predicted octanol–water partition coefficient (Wildman–Crippen LogP) is 4.66. The number of nitrogens with zero attached hydrogens (tertiary/aromatic N) is 3. The molecule has 2 heterocycles. The molecule has 1 saturated carbocycles. The number of hydrogen-bond acceptors (Lipinski definition) is 4. The number of hydrogen-bond donors (Lipinski definition) is 0. The predicted molar refractivity (Wildman–Crippen MR) is 113 cm³/mol. The third-order valence-corrected chi connectivity index (χ3v) is 7.05. The summed E-state index contributed by atoms with van der Waals surface area (Å²) in [7, 11) is 0. The molecule has 1 aromatic carbocycles. The van der Waals surface area contributed by atoms with Crippen molar-refractivity contribution in [2.75, 3.05) is 42.1 Å². The fourth-order valence-corrected chi connectivity index (χ4v) is 5.85. The standard InChI is InChI=1S/C19H26IN3S/c20-9-10-23(19-17-7-3-4-8-18(17)24-21-19)12-11-22-13-15-5-1-2-6-16(15)14-22/h3-4,7-8,15-16H,1-2,5-6,9-14H2/t15-,16-/m0/s1. The van der Waals surface area contributed by atoms with Gasteiger partial charge in [-0.3, -0.25) is 0 Å². The molecule has 1 aliphatic heterocycles. The van der Waals surface area contributed by atoms with E-state index in [2.05, 4.69) is 56.7 Å². The number of anilines is 1. The first-order valence-electron chi connectivity index (χ1n) is 9.23. The summed E-state index contributed by atoms with van der Waals surface area (Å²) >= 11 is 4.12. The van der Waals surface area contributed by atoms with E-state index in [1.165, 1.54) is 61.2 Å². The number of alkyl halides is 1. The number of likely N-dealkylation sites (tertiary alicyclic amines) is 1. The molecule has 1 saturated heterocycles. The highest BCUT2D eigenvalue weighted by atomic mass is 127. The maximum Gasteiger partial charge on any atom is 0.150 e. The highest BCUT2D eigenvalue weighted by Crippen LogP contribution is 2.36. The number of aromatic nitrogens is 1. The van der Waals surface area contributed by atoms with Crippen molar-refractivity contribution in [3.8, 4) is 0 Å². The molecular formula is C19H26IN3S. The minimum atomic E-state index is 0.983. The van der Waals surface area contributed by atoms with Crippen LogP contribution in [0.4, 0.5) is 5.82 Å². The fraction of sp³-hybridized carbons (Fsp3) is 0.632. The van der Waals surface area contributed by atoms with E-state index in [9.17, 15) is 0 Å². The lowest BCUT2D eigenvalue weighted by atomic mass is 9.82. The van der Waals surface area contributed by atoms with E-state index >= 15 is 0 Å². The second kappa shape index (κ2) is 7.87. The Morgan fingerprint density at radius 1 is 1.12 bits per heavy atom. The summed E-state index contributed by atoms with van der Waals surface area (Å²) in [6.45, 7) is 6.06. The van der Waals surface area contributed by atoms with Crippen LogP contribution in [-0.2, 0) is 0 Å². The minimum absolute atomic E-state index is 0.983. The normalized spacial score (nSPS) is 24.4. The first kappa shape index (κ1) is 17.0. The molecular weight excluding hydrogens is 429 g/mol. The molecule has 1 aliphatic carbocycles. The van der Waals surface area contributed by atoms with Crippen LogP contribution in [0, 0.1) is 11.8 Å². The average molecular weight is 455 g/mol. The number of rotatable bonds is 6. The summed E-state index contributed by atoms with van der Waals surface area (Å²) in [5, 5.41) is 1.32. The highest BCUT2D eigenvalue weighted by Gasteiger charge is 2.34. The van der Waals surface area contributed by atoms with E-state index < -0.39 is 0 Å². The first-order chi connectivity index (χ1) is 11.8. The summed E-state index contributed by atoms with van der Waals surface area (Å²) in [4.78, 5) is 5.22. The van der Waals surface area contributed by atoms with Crippen molar-refractivity contribution in [2.45, 2.75) is 25.7 Å². The molecule has 0 amide bonds. The summed E-state index contributed by atoms with van der Waals surface area (Å²) in [6, 6.07) is 8.65. The molecule has 3 nitrogen and oxygen atoms in total. The second-order valence-electron chi connectivity index (χ2n) is 7.24. The molecule has 130 valence electrons. The van der Waals surface area contributed by atoms with Gasteiger partial charge in [0.15, 0.2) is 0 Å². The second-order valence-corrected chi connectivity index (χ2v) is 9.13. The highest BCUT2D eigenvalue weighted by molar-refractivity contribution is 14.1. The topological polar surface area (TPSA) is 19.4 Å². The minimum Gasteiger partial charge on any atom is -0.353 e. The van der Waals surface area contributed by atoms with E-state index in [0.29, 0.717) is 0 Å². The number of benzene rings is 1. The number of halogens is 1. The van der Waals surface area contributed by atoms with Crippen LogP contribution < -0.4 is 4.90 Å². The Labute approximate surface area is 162 Å². The Morgan fingerprint density at radius 3 is 2.62 bits per heavy atom. The third kappa shape index (κ3) is 3.58. The third-order valence-electron chi connectivity index (χ3n) is 5.75. The van der Waals surface area contributed by atoms with Crippen molar-refractivity contribution in [3.05, 3.63) is 24.3 Å². The van der Waals surface area contributed by atoms with Crippen LogP contribution in [0.1, 0.15) is 25.7 Å². The maximum atomic E-state index is 4.78. The van der Waals surface area contributed by atoms with Gasteiger partial charge in [0.2, 0.25) is 0 Å². The van der Waals surface area contributed by atoms with Crippen LogP contribution in [0.25, 0.3) is 10.1 Å². The Kier molecular flexibility index (Phi) is 5.59. The van der Waals surface area contributed by atoms with E-state index in [1.54, 1.807) is 11.5 Å². The van der Waals surface area contributed by atoms with Crippen LogP contribution in [0.15, 0.2) is 24.3 Å². The van der Waals surface area contributed by atoms with Crippen molar-refractivity contribution in [1.82, 2.24) is 9.27 Å². The fourth-order valence-electron chi connectivity index (χ4n) is 4.47. The molecule has 2 aliphatic rings. The van der Waals surface area contributed by atoms with Gasteiger partial charge in [0.25, 0.3) is 0 Å². The number of fused-ring (bicyclic) bond motifs is 2. The molecule has 0 spiro atoms. The molecule has 2 atom stereocenters. The molecule has 0 N–H and O–H groups in total. The van der Waals surface area contributed by atoms with E-state index in [0.717, 1.165) is 29.4 Å². The quantitative estimate of drug-likeness (QED) is 0.467. The molecule has 2 fully saturated rings. The zero-order valence-electron chi connectivity index (χ0n) is 14.2. The van der Waals surface area contributed by atoms with Gasteiger partial charge in [-0.25, -0.2) is 0 Å². The summed E-state index contributed by atoms with van der Waals surface area (Å²) < 4.78 is 7.23. The van der Waals surface area contributed by atoms with Crippen LogP contribution in [-0.4, -0.2) is 46.4 Å². The van der Waals surface area contributed by atoms with E-state index in [-0.39, 0.29) is 0 Å². The lowest BCUT2D eigenvalue weighted by Crippen LogP contribution is -2.35.